The van der Waals surface area contributed by atoms with Gasteiger partial charge in [-0.2, -0.15) is 10.2 Å². The van der Waals surface area contributed by atoms with E-state index in [4.69, 9.17) is 23.8 Å². The summed E-state index contributed by atoms with van der Waals surface area (Å²) in [5.41, 5.74) is 9.92. The zero-order valence-corrected chi connectivity index (χ0v) is 19.2. The van der Waals surface area contributed by atoms with Crippen LogP contribution in [0, 0.1) is 12.3 Å². The SMILES string of the molecule is C#Cc1ccc(CN(C(=O)c2ccc3nc(N)c4c(Cl)nn(C)c4c3c2)c2cnn(C)c2)nc1. The zero-order valence-electron chi connectivity index (χ0n) is 18.4. The number of hydrogen-bond donors (Lipinski definition) is 1. The first kappa shape index (κ1) is 21.4. The highest BCUT2D eigenvalue weighted by Gasteiger charge is 2.22. The van der Waals surface area contributed by atoms with Crippen LogP contribution in [0.4, 0.5) is 11.5 Å². The van der Waals surface area contributed by atoms with Crippen LogP contribution in [0.1, 0.15) is 21.6 Å². The normalized spacial score (nSPS) is 11.1. The van der Waals surface area contributed by atoms with Crippen molar-refractivity contribution in [3.63, 3.8) is 0 Å². The van der Waals surface area contributed by atoms with E-state index in [1.54, 1.807) is 77.3 Å². The maximum atomic E-state index is 13.8. The van der Waals surface area contributed by atoms with Gasteiger partial charge in [-0.25, -0.2) is 4.98 Å². The lowest BCUT2D eigenvalue weighted by Crippen LogP contribution is -2.30. The molecule has 4 aromatic heterocycles. The van der Waals surface area contributed by atoms with Crippen LogP contribution < -0.4 is 10.6 Å². The first-order valence-electron chi connectivity index (χ1n) is 10.3. The number of carbonyl (C=O) groups excluding carboxylic acids is 1. The van der Waals surface area contributed by atoms with Gasteiger partial charge in [-0.05, 0) is 30.3 Å². The van der Waals surface area contributed by atoms with Gasteiger partial charge >= 0.3 is 0 Å². The second-order valence-electron chi connectivity index (χ2n) is 7.81. The highest BCUT2D eigenvalue weighted by Crippen LogP contribution is 2.33. The molecule has 0 saturated heterocycles. The van der Waals surface area contributed by atoms with E-state index < -0.39 is 0 Å². The minimum absolute atomic E-state index is 0.226. The summed E-state index contributed by atoms with van der Waals surface area (Å²) in [6.45, 7) is 0.236. The molecule has 1 amide bonds. The molecule has 168 valence electrons. The van der Waals surface area contributed by atoms with Gasteiger partial charge in [-0.15, -0.1) is 6.42 Å². The van der Waals surface area contributed by atoms with Crippen LogP contribution in [0.15, 0.2) is 48.9 Å². The summed E-state index contributed by atoms with van der Waals surface area (Å²) in [7, 11) is 3.57. The van der Waals surface area contributed by atoms with Crippen molar-refractivity contribution in [3.05, 3.63) is 70.9 Å². The number of nitrogen functional groups attached to an aromatic ring is 1. The Morgan fingerprint density at radius 3 is 2.74 bits per heavy atom. The van der Waals surface area contributed by atoms with E-state index in [1.165, 1.54) is 0 Å². The van der Waals surface area contributed by atoms with E-state index in [2.05, 4.69) is 26.1 Å². The number of hydrogen-bond acceptors (Lipinski definition) is 6. The molecule has 0 spiro atoms. The summed E-state index contributed by atoms with van der Waals surface area (Å²) in [5.74, 6) is 2.61. The predicted octanol–water partition coefficient (Wildman–Crippen LogP) is 3.31. The molecule has 34 heavy (non-hydrogen) atoms. The molecule has 10 heteroatoms. The number of aromatic nitrogens is 6. The van der Waals surface area contributed by atoms with E-state index in [1.807, 2.05) is 0 Å². The van der Waals surface area contributed by atoms with Gasteiger partial charge in [0.1, 0.15) is 5.82 Å². The molecule has 4 heterocycles. The van der Waals surface area contributed by atoms with E-state index in [9.17, 15) is 4.79 Å². The van der Waals surface area contributed by atoms with Gasteiger partial charge in [0, 0.05) is 43.0 Å². The molecule has 0 aliphatic heterocycles. The molecule has 0 atom stereocenters. The molecule has 0 unspecified atom stereocenters. The molecular weight excluding hydrogens is 452 g/mol. The number of terminal acetylenes is 1. The van der Waals surface area contributed by atoms with Gasteiger partial charge in [0.05, 0.1) is 40.5 Å². The summed E-state index contributed by atoms with van der Waals surface area (Å²) >= 11 is 6.27. The Bertz CT molecular complexity index is 1610. The van der Waals surface area contributed by atoms with Crippen LogP contribution >= 0.6 is 11.6 Å². The number of fused-ring (bicyclic) bond motifs is 3. The minimum atomic E-state index is -0.226. The lowest BCUT2D eigenvalue weighted by atomic mass is 10.1. The molecule has 5 rings (SSSR count). The number of anilines is 2. The van der Waals surface area contributed by atoms with Crippen molar-refractivity contribution in [1.82, 2.24) is 29.5 Å². The standard InChI is InChI=1S/C24H19ClN8O/c1-4-14-5-7-16(27-10-14)12-33(17-11-28-31(2)13-17)24(34)15-6-8-19-18(9-15)21-20(23(26)29-19)22(25)30-32(21)3/h1,5-11,13H,12H2,2-3H3,(H2,26,29). The van der Waals surface area contributed by atoms with Gasteiger partial charge in [0.2, 0.25) is 0 Å². The fourth-order valence-electron chi connectivity index (χ4n) is 3.92. The Hall–Kier alpha value is -4.42. The third-order valence-electron chi connectivity index (χ3n) is 5.56. The molecule has 0 saturated carbocycles. The van der Waals surface area contributed by atoms with Crippen molar-refractivity contribution in [3.8, 4) is 12.3 Å². The number of carbonyl (C=O) groups is 1. The number of benzene rings is 1. The molecule has 0 fully saturated rings. The lowest BCUT2D eigenvalue weighted by Gasteiger charge is -2.21. The largest absolute Gasteiger partial charge is 0.383 e. The number of amides is 1. The van der Waals surface area contributed by atoms with E-state index in [0.29, 0.717) is 38.9 Å². The summed E-state index contributed by atoms with van der Waals surface area (Å²) in [6, 6.07) is 8.87. The van der Waals surface area contributed by atoms with Gasteiger partial charge < -0.3 is 5.73 Å². The number of nitrogens with two attached hydrogens (primary N) is 1. The van der Waals surface area contributed by atoms with Crippen molar-refractivity contribution in [2.45, 2.75) is 6.54 Å². The van der Waals surface area contributed by atoms with Gasteiger partial charge in [0.15, 0.2) is 5.15 Å². The number of halogens is 1. The summed E-state index contributed by atoms with van der Waals surface area (Å²) in [5, 5.41) is 10.0. The van der Waals surface area contributed by atoms with Crippen LogP contribution in [0.5, 0.6) is 0 Å². The second kappa shape index (κ2) is 8.17. The lowest BCUT2D eigenvalue weighted by molar-refractivity contribution is 0.0985. The molecule has 5 aromatic rings. The fraction of sp³-hybridized carbons (Fsp3) is 0.125. The zero-order chi connectivity index (χ0) is 24.0. The highest BCUT2D eigenvalue weighted by molar-refractivity contribution is 6.36. The topological polar surface area (TPSA) is 108 Å². The second-order valence-corrected chi connectivity index (χ2v) is 8.17. The fourth-order valence-corrected chi connectivity index (χ4v) is 4.22. The average Bonchev–Trinajstić information content (AvgIpc) is 3.39. The molecule has 0 aliphatic carbocycles. The first-order chi connectivity index (χ1) is 16.4. The van der Waals surface area contributed by atoms with Gasteiger partial charge in [-0.1, -0.05) is 17.5 Å². The number of nitrogens with zero attached hydrogens (tertiary/aromatic N) is 7. The Labute approximate surface area is 199 Å². The average molecular weight is 471 g/mol. The van der Waals surface area contributed by atoms with Crippen molar-refractivity contribution < 1.29 is 4.79 Å². The summed E-state index contributed by atoms with van der Waals surface area (Å²) in [4.78, 5) is 24.2. The molecule has 0 bridgehead atoms. The molecular formula is C24H19ClN8O. The number of rotatable bonds is 4. The van der Waals surface area contributed by atoms with Crippen molar-refractivity contribution >= 4 is 50.8 Å². The van der Waals surface area contributed by atoms with Gasteiger partial charge in [0.25, 0.3) is 5.91 Å². The van der Waals surface area contributed by atoms with Crippen LogP contribution in [-0.4, -0.2) is 35.4 Å². The number of aryl methyl sites for hydroxylation is 2. The maximum absolute atomic E-state index is 13.8. The molecule has 9 nitrogen and oxygen atoms in total. The minimum Gasteiger partial charge on any atom is -0.383 e. The van der Waals surface area contributed by atoms with E-state index in [-0.39, 0.29) is 23.4 Å². The van der Waals surface area contributed by atoms with Crippen molar-refractivity contribution in [2.75, 3.05) is 10.6 Å². The van der Waals surface area contributed by atoms with Crippen molar-refractivity contribution in [1.29, 1.82) is 0 Å². The van der Waals surface area contributed by atoms with Crippen LogP contribution in [0.25, 0.3) is 21.8 Å². The monoisotopic (exact) mass is 470 g/mol. The summed E-state index contributed by atoms with van der Waals surface area (Å²) < 4.78 is 3.28. The smallest absolute Gasteiger partial charge is 0.258 e. The van der Waals surface area contributed by atoms with Crippen molar-refractivity contribution in [2.24, 2.45) is 14.1 Å². The first-order valence-corrected chi connectivity index (χ1v) is 10.7. The number of pyridine rings is 2. The Balaban J connectivity index is 1.61. The third kappa shape index (κ3) is 3.60. The molecule has 2 N–H and O–H groups in total. The Morgan fingerprint density at radius 2 is 2.06 bits per heavy atom. The third-order valence-corrected chi connectivity index (χ3v) is 5.82. The van der Waals surface area contributed by atoms with Crippen LogP contribution in [-0.2, 0) is 20.6 Å². The quantitative estimate of drug-likeness (QED) is 0.404. The molecule has 1 aromatic carbocycles. The molecule has 0 aliphatic rings. The van der Waals surface area contributed by atoms with E-state index >= 15 is 0 Å². The van der Waals surface area contributed by atoms with Crippen LogP contribution in [0.2, 0.25) is 5.15 Å². The summed E-state index contributed by atoms with van der Waals surface area (Å²) in [6.07, 6.45) is 10.4. The highest BCUT2D eigenvalue weighted by atomic mass is 35.5. The van der Waals surface area contributed by atoms with E-state index in [0.717, 1.165) is 5.39 Å². The van der Waals surface area contributed by atoms with Gasteiger partial charge in [-0.3, -0.25) is 24.0 Å². The maximum Gasteiger partial charge on any atom is 0.258 e. The Morgan fingerprint density at radius 1 is 1.24 bits per heavy atom. The molecule has 0 radical (unpaired) electrons. The predicted molar refractivity (Wildman–Crippen MR) is 131 cm³/mol. The van der Waals surface area contributed by atoms with Crippen LogP contribution in [0.3, 0.4) is 0 Å². The Kier molecular flexibility index (Phi) is 5.15.